The number of pyridine rings is 1. The largest absolute Gasteiger partial charge is 0.273 e. The molecular weight excluding hydrogens is 332 g/mol. The maximum absolute atomic E-state index is 12.6. The van der Waals surface area contributed by atoms with Crippen molar-refractivity contribution in [2.75, 3.05) is 5.01 Å². The zero-order chi connectivity index (χ0) is 17.4. The fourth-order valence-electron chi connectivity index (χ4n) is 3.74. The predicted molar refractivity (Wildman–Crippen MR) is 101 cm³/mol. The highest BCUT2D eigenvalue weighted by Gasteiger charge is 2.29. The van der Waals surface area contributed by atoms with Gasteiger partial charge in [-0.25, -0.2) is 19.7 Å². The summed E-state index contributed by atoms with van der Waals surface area (Å²) in [6.45, 7) is 3.69. The number of amides is 1. The molecule has 1 fully saturated rings. The van der Waals surface area contributed by atoms with E-state index in [1.54, 1.807) is 24.5 Å². The van der Waals surface area contributed by atoms with Gasteiger partial charge in [0, 0.05) is 13.1 Å². The zero-order valence-electron chi connectivity index (χ0n) is 14.6. The van der Waals surface area contributed by atoms with Crippen LogP contribution in [0, 0.1) is 6.92 Å². The summed E-state index contributed by atoms with van der Waals surface area (Å²) in [6.07, 6.45) is 7.46. The smallest absolute Gasteiger partial charge is 0.238 e. The van der Waals surface area contributed by atoms with Crippen molar-refractivity contribution in [1.82, 2.24) is 14.6 Å². The number of imidazole rings is 1. The Balaban J connectivity index is 1.95. The Hall–Kier alpha value is -2.21. The van der Waals surface area contributed by atoms with Gasteiger partial charge in [-0.05, 0) is 42.8 Å². The fourth-order valence-corrected chi connectivity index (χ4v) is 4.44. The molecule has 3 aromatic rings. The molecule has 130 valence electrons. The quantitative estimate of drug-likeness (QED) is 0.705. The second-order valence-electron chi connectivity index (χ2n) is 6.68. The second kappa shape index (κ2) is 6.59. The topological polar surface area (TPSA) is 51.0 Å². The first-order valence-electron chi connectivity index (χ1n) is 8.85. The molecule has 0 unspecified atom stereocenters. The van der Waals surface area contributed by atoms with Crippen LogP contribution in [0.2, 0.25) is 0 Å². The molecule has 6 heteroatoms. The van der Waals surface area contributed by atoms with Gasteiger partial charge in [-0.2, -0.15) is 0 Å². The fraction of sp³-hybridized carbons (Fsp3) is 0.421. The van der Waals surface area contributed by atoms with Crippen LogP contribution in [-0.2, 0) is 4.79 Å². The average Bonchev–Trinajstić information content (AvgIpc) is 3.25. The van der Waals surface area contributed by atoms with Crippen molar-refractivity contribution < 1.29 is 4.79 Å². The number of rotatable bonds is 3. The second-order valence-corrected chi connectivity index (χ2v) is 7.63. The van der Waals surface area contributed by atoms with Crippen LogP contribution in [0.1, 0.15) is 44.6 Å². The molecule has 3 aromatic heterocycles. The number of fused-ring (bicyclic) bond motifs is 1. The van der Waals surface area contributed by atoms with E-state index in [-0.39, 0.29) is 11.9 Å². The van der Waals surface area contributed by atoms with E-state index >= 15 is 0 Å². The first kappa shape index (κ1) is 16.3. The lowest BCUT2D eigenvalue weighted by Gasteiger charge is -2.34. The third-order valence-electron chi connectivity index (χ3n) is 4.93. The van der Waals surface area contributed by atoms with Crippen molar-refractivity contribution in [3.05, 3.63) is 35.3 Å². The molecule has 1 aliphatic carbocycles. The Kier molecular flexibility index (Phi) is 4.29. The molecule has 1 amide bonds. The molecule has 0 aliphatic heterocycles. The van der Waals surface area contributed by atoms with Gasteiger partial charge in [-0.15, -0.1) is 11.3 Å². The van der Waals surface area contributed by atoms with Crippen LogP contribution in [0.3, 0.4) is 0 Å². The minimum Gasteiger partial charge on any atom is -0.273 e. The van der Waals surface area contributed by atoms with Crippen LogP contribution in [0.4, 0.5) is 0 Å². The molecule has 5 nitrogen and oxygen atoms in total. The standard InChI is InChI=1S/C19H22N4OS/c1-13-10-11-20-19-17(13)21-18(16-9-6-12-25-16)23(19)22(14(2)24)15-7-4-3-5-8-15/h6,9-12,15H,3-5,7-8H2,1-2H3. The zero-order valence-corrected chi connectivity index (χ0v) is 15.4. The minimum absolute atomic E-state index is 0.0484. The Morgan fingerprint density at radius 1 is 1.28 bits per heavy atom. The van der Waals surface area contributed by atoms with Crippen LogP contribution in [0.15, 0.2) is 29.8 Å². The molecule has 1 saturated carbocycles. The van der Waals surface area contributed by atoms with E-state index in [1.165, 1.54) is 19.3 Å². The van der Waals surface area contributed by atoms with E-state index < -0.39 is 0 Å². The normalized spacial score (nSPS) is 15.6. The lowest BCUT2D eigenvalue weighted by Crippen LogP contribution is -2.48. The maximum Gasteiger partial charge on any atom is 0.238 e. The molecule has 0 bridgehead atoms. The van der Waals surface area contributed by atoms with Crippen LogP contribution in [0.25, 0.3) is 21.9 Å². The van der Waals surface area contributed by atoms with Gasteiger partial charge in [0.15, 0.2) is 11.5 Å². The molecule has 25 heavy (non-hydrogen) atoms. The number of aromatic nitrogens is 3. The lowest BCUT2D eigenvalue weighted by molar-refractivity contribution is -0.118. The highest BCUT2D eigenvalue weighted by Crippen LogP contribution is 2.31. The van der Waals surface area contributed by atoms with Gasteiger partial charge in [0.1, 0.15) is 5.52 Å². The molecule has 1 aliphatic rings. The summed E-state index contributed by atoms with van der Waals surface area (Å²) >= 11 is 1.64. The highest BCUT2D eigenvalue weighted by molar-refractivity contribution is 7.13. The minimum atomic E-state index is 0.0484. The first-order valence-corrected chi connectivity index (χ1v) is 9.73. The van der Waals surface area contributed by atoms with Crippen molar-refractivity contribution in [2.24, 2.45) is 0 Å². The van der Waals surface area contributed by atoms with Crippen LogP contribution in [-0.4, -0.2) is 26.6 Å². The maximum atomic E-state index is 12.6. The van der Waals surface area contributed by atoms with Crippen molar-refractivity contribution in [3.63, 3.8) is 0 Å². The molecule has 3 heterocycles. The van der Waals surface area contributed by atoms with E-state index in [0.29, 0.717) is 0 Å². The summed E-state index contributed by atoms with van der Waals surface area (Å²) in [5.41, 5.74) is 2.71. The number of thiophene rings is 1. The Morgan fingerprint density at radius 3 is 2.76 bits per heavy atom. The van der Waals surface area contributed by atoms with Crippen molar-refractivity contribution >= 4 is 28.4 Å². The molecule has 0 radical (unpaired) electrons. The Morgan fingerprint density at radius 2 is 2.08 bits per heavy atom. The number of hydrogen-bond donors (Lipinski definition) is 0. The molecule has 0 saturated heterocycles. The van der Waals surface area contributed by atoms with Gasteiger partial charge >= 0.3 is 0 Å². The molecule has 4 rings (SSSR count). The Bertz CT molecular complexity index is 894. The summed E-state index contributed by atoms with van der Waals surface area (Å²) in [6, 6.07) is 6.25. The van der Waals surface area contributed by atoms with Crippen molar-refractivity contribution in [2.45, 2.75) is 52.0 Å². The Labute approximate surface area is 151 Å². The SMILES string of the molecule is CC(=O)N(C1CCCCC1)n1c(-c2cccs2)nc2c(C)ccnc21. The summed E-state index contributed by atoms with van der Waals surface area (Å²) in [5.74, 6) is 0.861. The number of aryl methyl sites for hydroxylation is 1. The molecule has 0 spiro atoms. The average molecular weight is 354 g/mol. The van der Waals surface area contributed by atoms with E-state index in [0.717, 1.165) is 40.3 Å². The van der Waals surface area contributed by atoms with Gasteiger partial charge in [0.25, 0.3) is 0 Å². The van der Waals surface area contributed by atoms with Gasteiger partial charge in [0.05, 0.1) is 10.9 Å². The number of carbonyl (C=O) groups is 1. The van der Waals surface area contributed by atoms with E-state index in [1.807, 2.05) is 34.1 Å². The van der Waals surface area contributed by atoms with Gasteiger partial charge in [0.2, 0.25) is 5.91 Å². The highest BCUT2D eigenvalue weighted by atomic mass is 32.1. The van der Waals surface area contributed by atoms with Crippen molar-refractivity contribution in [1.29, 1.82) is 0 Å². The van der Waals surface area contributed by atoms with E-state index in [9.17, 15) is 4.79 Å². The monoisotopic (exact) mass is 354 g/mol. The summed E-state index contributed by atoms with van der Waals surface area (Å²) in [5, 5.41) is 3.94. The molecule has 0 N–H and O–H groups in total. The van der Waals surface area contributed by atoms with Crippen LogP contribution in [0.5, 0.6) is 0 Å². The van der Waals surface area contributed by atoms with Gasteiger partial charge in [-0.3, -0.25) is 4.79 Å². The van der Waals surface area contributed by atoms with E-state index in [2.05, 4.69) is 11.1 Å². The third kappa shape index (κ3) is 2.84. The van der Waals surface area contributed by atoms with Crippen LogP contribution < -0.4 is 5.01 Å². The number of nitrogens with zero attached hydrogens (tertiary/aromatic N) is 4. The summed E-state index contributed by atoms with van der Waals surface area (Å²) < 4.78 is 1.96. The van der Waals surface area contributed by atoms with Gasteiger partial charge < -0.3 is 0 Å². The first-order chi connectivity index (χ1) is 12.2. The van der Waals surface area contributed by atoms with Crippen molar-refractivity contribution in [3.8, 4) is 10.7 Å². The van der Waals surface area contributed by atoms with Gasteiger partial charge in [-0.1, -0.05) is 25.3 Å². The molecule has 0 aromatic carbocycles. The van der Waals surface area contributed by atoms with Crippen LogP contribution >= 0.6 is 11.3 Å². The van der Waals surface area contributed by atoms with E-state index in [4.69, 9.17) is 4.98 Å². The molecular formula is C19H22N4OS. The molecule has 0 atom stereocenters. The third-order valence-corrected chi connectivity index (χ3v) is 5.79. The summed E-state index contributed by atoms with van der Waals surface area (Å²) in [7, 11) is 0. The summed E-state index contributed by atoms with van der Waals surface area (Å²) in [4.78, 5) is 23.2. The predicted octanol–water partition coefficient (Wildman–Crippen LogP) is 4.29. The number of carbonyl (C=O) groups excluding carboxylic acids is 1. The lowest BCUT2D eigenvalue weighted by atomic mass is 9.95. The number of hydrogen-bond acceptors (Lipinski definition) is 4.